The molecule has 0 aromatic carbocycles. The van der Waals surface area contributed by atoms with Crippen LogP contribution in [0.1, 0.15) is 0 Å². The molecule has 0 bridgehead atoms. The van der Waals surface area contributed by atoms with Crippen molar-refractivity contribution in [2.75, 3.05) is 0 Å². The third kappa shape index (κ3) is 11.2. The molecule has 0 aromatic rings. The van der Waals surface area contributed by atoms with Crippen LogP contribution in [0, 0.1) is 0 Å². The molecule has 0 atom stereocenters. The number of carboxylic acid groups (broad SMARTS) is 2. The van der Waals surface area contributed by atoms with E-state index in [1.54, 1.807) is 0 Å². The first-order chi connectivity index (χ1) is 3.63. The molecule has 3 radical (unpaired) electrons. The van der Waals surface area contributed by atoms with E-state index in [1.807, 2.05) is 0 Å². The maximum Gasteiger partial charge on any atom is 0.328 e. The molecule has 0 aromatic heterocycles. The third-order valence-corrected chi connectivity index (χ3v) is 0.368. The summed E-state index contributed by atoms with van der Waals surface area (Å²) in [6.07, 6.45) is 1.12. The van der Waals surface area contributed by atoms with Gasteiger partial charge < -0.3 is 10.2 Å². The number of carbonyl (C=O) groups is 2. The standard InChI is InChI=1S/C4H4O4.Bi/c5-3(6)1-2-4(7)8;/h1-2H,(H,5,6)(H,7,8);/b2-1+;. The first kappa shape index (κ1) is 11.4. The summed E-state index contributed by atoms with van der Waals surface area (Å²) in [7, 11) is 0. The van der Waals surface area contributed by atoms with Crippen LogP contribution in [-0.4, -0.2) is 48.4 Å². The summed E-state index contributed by atoms with van der Waals surface area (Å²) >= 11 is 0. The summed E-state index contributed by atoms with van der Waals surface area (Å²) in [6, 6.07) is 0. The molecule has 5 heteroatoms. The minimum Gasteiger partial charge on any atom is -0.478 e. The Hall–Kier alpha value is -0.437. The summed E-state index contributed by atoms with van der Waals surface area (Å²) in [5, 5.41) is 15.6. The van der Waals surface area contributed by atoms with Crippen LogP contribution in [0.15, 0.2) is 12.2 Å². The van der Waals surface area contributed by atoms with Crippen LogP contribution in [0.2, 0.25) is 0 Å². The van der Waals surface area contributed by atoms with Crippen LogP contribution >= 0.6 is 0 Å². The average Bonchev–Trinajstić information content (AvgIpc) is 1.61. The Morgan fingerprint density at radius 1 is 1.00 bits per heavy atom. The molecule has 0 aliphatic heterocycles. The molecule has 0 amide bonds. The van der Waals surface area contributed by atoms with E-state index in [4.69, 9.17) is 10.2 Å². The topological polar surface area (TPSA) is 74.6 Å². The summed E-state index contributed by atoms with van der Waals surface area (Å²) in [5.74, 6) is -2.51. The zero-order valence-electron chi connectivity index (χ0n) is 4.31. The minimum atomic E-state index is -1.26. The van der Waals surface area contributed by atoms with Gasteiger partial charge in [-0.2, -0.15) is 0 Å². The van der Waals surface area contributed by atoms with E-state index in [-0.39, 0.29) is 26.2 Å². The molecule has 0 saturated carbocycles. The van der Waals surface area contributed by atoms with Crippen molar-refractivity contribution >= 4 is 38.1 Å². The Labute approximate surface area is 70.3 Å². The third-order valence-electron chi connectivity index (χ3n) is 0.368. The minimum absolute atomic E-state index is 0. The molecule has 0 aliphatic rings. The van der Waals surface area contributed by atoms with Gasteiger partial charge in [0.1, 0.15) is 0 Å². The van der Waals surface area contributed by atoms with Gasteiger partial charge in [-0.05, 0) is 0 Å². The van der Waals surface area contributed by atoms with Crippen LogP contribution < -0.4 is 0 Å². The Kier molecular flexibility index (Phi) is 7.20. The van der Waals surface area contributed by atoms with Gasteiger partial charge in [0.25, 0.3) is 0 Å². The molecule has 9 heavy (non-hydrogen) atoms. The quantitative estimate of drug-likeness (QED) is 0.522. The number of aliphatic carboxylic acids is 2. The number of rotatable bonds is 2. The summed E-state index contributed by atoms with van der Waals surface area (Å²) in [6.45, 7) is 0. The van der Waals surface area contributed by atoms with Crippen LogP contribution in [0.3, 0.4) is 0 Å². The monoisotopic (exact) mass is 325 g/mol. The van der Waals surface area contributed by atoms with Gasteiger partial charge in [-0.1, -0.05) is 0 Å². The Bertz CT molecular complexity index is 124. The zero-order valence-corrected chi connectivity index (χ0v) is 7.79. The van der Waals surface area contributed by atoms with E-state index >= 15 is 0 Å². The molecule has 0 heterocycles. The van der Waals surface area contributed by atoms with Crippen molar-refractivity contribution in [3.8, 4) is 0 Å². The molecular formula is C4H4BiO4. The molecule has 49 valence electrons. The van der Waals surface area contributed by atoms with E-state index in [9.17, 15) is 9.59 Å². The van der Waals surface area contributed by atoms with E-state index in [0.29, 0.717) is 12.2 Å². The molecule has 4 nitrogen and oxygen atoms in total. The van der Waals surface area contributed by atoms with Gasteiger partial charge in [-0.25, -0.2) is 9.59 Å². The van der Waals surface area contributed by atoms with Crippen molar-refractivity contribution in [2.24, 2.45) is 0 Å². The smallest absolute Gasteiger partial charge is 0.328 e. The fourth-order valence-electron chi connectivity index (χ4n) is 0.143. The first-order valence-electron chi connectivity index (χ1n) is 1.77. The van der Waals surface area contributed by atoms with Gasteiger partial charge in [-0.3, -0.25) is 0 Å². The van der Waals surface area contributed by atoms with E-state index in [2.05, 4.69) is 0 Å². The van der Waals surface area contributed by atoms with E-state index < -0.39 is 11.9 Å². The molecule has 2 N–H and O–H groups in total. The number of carboxylic acids is 2. The van der Waals surface area contributed by atoms with Crippen molar-refractivity contribution < 1.29 is 19.8 Å². The van der Waals surface area contributed by atoms with Crippen molar-refractivity contribution in [1.82, 2.24) is 0 Å². The Balaban J connectivity index is 0. The fraction of sp³-hybridized carbons (Fsp3) is 0. The second-order valence-corrected chi connectivity index (χ2v) is 1.01. The van der Waals surface area contributed by atoms with Crippen LogP contribution in [0.4, 0.5) is 0 Å². The summed E-state index contributed by atoms with van der Waals surface area (Å²) < 4.78 is 0. The van der Waals surface area contributed by atoms with E-state index in [1.165, 1.54) is 0 Å². The second kappa shape index (κ2) is 5.70. The van der Waals surface area contributed by atoms with Gasteiger partial charge in [-0.15, -0.1) is 0 Å². The molecule has 0 rings (SSSR count). The van der Waals surface area contributed by atoms with Crippen molar-refractivity contribution in [1.29, 1.82) is 0 Å². The Morgan fingerprint density at radius 3 is 1.33 bits per heavy atom. The maximum absolute atomic E-state index is 9.55. The normalized spacial score (nSPS) is 8.44. The Morgan fingerprint density at radius 2 is 1.22 bits per heavy atom. The van der Waals surface area contributed by atoms with Gasteiger partial charge >= 0.3 is 11.9 Å². The number of hydrogen-bond acceptors (Lipinski definition) is 2. The van der Waals surface area contributed by atoms with Crippen LogP contribution in [0.25, 0.3) is 0 Å². The van der Waals surface area contributed by atoms with Gasteiger partial charge in [0.15, 0.2) is 0 Å². The predicted octanol–water partition coefficient (Wildman–Crippen LogP) is -0.669. The molecule has 0 fully saturated rings. The average molecular weight is 325 g/mol. The summed E-state index contributed by atoms with van der Waals surface area (Å²) in [5.41, 5.74) is 0. The fourth-order valence-corrected chi connectivity index (χ4v) is 0.143. The van der Waals surface area contributed by atoms with Crippen molar-refractivity contribution in [3.63, 3.8) is 0 Å². The largest absolute Gasteiger partial charge is 0.478 e. The maximum atomic E-state index is 9.55. The van der Waals surface area contributed by atoms with Gasteiger partial charge in [0.05, 0.1) is 0 Å². The SMILES string of the molecule is O=C(O)/C=C/C(=O)O.[Bi]. The summed E-state index contributed by atoms with van der Waals surface area (Å²) in [4.78, 5) is 19.1. The zero-order chi connectivity index (χ0) is 6.57. The molecular weight excluding hydrogens is 321 g/mol. The predicted molar refractivity (Wildman–Crippen MR) is 30.2 cm³/mol. The van der Waals surface area contributed by atoms with Crippen molar-refractivity contribution in [2.45, 2.75) is 0 Å². The van der Waals surface area contributed by atoms with Crippen LogP contribution in [-0.2, 0) is 9.59 Å². The van der Waals surface area contributed by atoms with Gasteiger partial charge in [0.2, 0.25) is 0 Å². The second-order valence-electron chi connectivity index (χ2n) is 1.01. The molecule has 0 unspecified atom stereocenters. The van der Waals surface area contributed by atoms with Crippen molar-refractivity contribution in [3.05, 3.63) is 12.2 Å². The van der Waals surface area contributed by atoms with Gasteiger partial charge in [0, 0.05) is 38.4 Å². The molecule has 0 spiro atoms. The van der Waals surface area contributed by atoms with E-state index in [0.717, 1.165) is 0 Å². The van der Waals surface area contributed by atoms with Crippen LogP contribution in [0.5, 0.6) is 0 Å². The molecule has 0 aliphatic carbocycles. The number of hydrogen-bond donors (Lipinski definition) is 2. The molecule has 0 saturated heterocycles. The first-order valence-corrected chi connectivity index (χ1v) is 1.77.